The molecule has 0 aliphatic carbocycles. The fraction of sp³-hybridized carbons (Fsp3) is 0.792. The Morgan fingerprint density at radius 2 is 1.71 bits per heavy atom. The van der Waals surface area contributed by atoms with Gasteiger partial charge in [-0.2, -0.15) is 5.26 Å². The maximum absolute atomic E-state index is 14.2. The van der Waals surface area contributed by atoms with Gasteiger partial charge >= 0.3 is 6.09 Å². The van der Waals surface area contributed by atoms with Crippen molar-refractivity contribution < 1.29 is 28.3 Å². The number of nitrogens with one attached hydrogen (secondary N) is 4. The van der Waals surface area contributed by atoms with E-state index in [1.54, 1.807) is 20.8 Å². The van der Waals surface area contributed by atoms with Crippen molar-refractivity contribution in [3.8, 4) is 6.07 Å². The number of alkyl halides is 1. The first kappa shape index (κ1) is 32.1. The molecule has 4 N–H and O–H groups in total. The van der Waals surface area contributed by atoms with Crippen molar-refractivity contribution in [1.29, 1.82) is 5.26 Å². The van der Waals surface area contributed by atoms with Gasteiger partial charge in [0.25, 0.3) is 0 Å². The Labute approximate surface area is 208 Å². The van der Waals surface area contributed by atoms with Crippen LogP contribution in [0.1, 0.15) is 87.0 Å². The first-order valence-electron chi connectivity index (χ1n) is 12.0. The molecular formula is C24H42FN5O5. The van der Waals surface area contributed by atoms with Crippen LogP contribution in [-0.4, -0.2) is 59.8 Å². The van der Waals surface area contributed by atoms with E-state index in [1.807, 2.05) is 13.0 Å². The number of nitriles is 1. The molecule has 0 spiro atoms. The SMILES string of the molecule is CCCC[C@H](NC(=O)OC(C)(C)C)C(=O)NC(CC(C)(C)F)C(=O)NC(C)C#N.O=C1CCCN1. The highest BCUT2D eigenvalue weighted by Crippen LogP contribution is 2.17. The van der Waals surface area contributed by atoms with Gasteiger partial charge in [0, 0.05) is 19.4 Å². The molecule has 0 radical (unpaired) electrons. The van der Waals surface area contributed by atoms with Crippen LogP contribution in [0.25, 0.3) is 0 Å². The number of ether oxygens (including phenoxy) is 1. The van der Waals surface area contributed by atoms with Crippen molar-refractivity contribution in [2.24, 2.45) is 0 Å². The highest BCUT2D eigenvalue weighted by Gasteiger charge is 2.32. The number of carbonyl (C=O) groups excluding carboxylic acids is 4. The lowest BCUT2D eigenvalue weighted by Gasteiger charge is -2.27. The molecule has 4 amide bonds. The molecule has 0 saturated carbocycles. The summed E-state index contributed by atoms with van der Waals surface area (Å²) in [5, 5.41) is 19.0. The predicted molar refractivity (Wildman–Crippen MR) is 130 cm³/mol. The molecule has 1 saturated heterocycles. The van der Waals surface area contributed by atoms with Crippen molar-refractivity contribution in [2.45, 2.75) is 116 Å². The number of nitrogens with zero attached hydrogens (tertiary/aromatic N) is 1. The molecule has 0 aromatic heterocycles. The predicted octanol–water partition coefficient (Wildman–Crippen LogP) is 2.62. The number of carbonyl (C=O) groups is 4. The monoisotopic (exact) mass is 499 g/mol. The lowest BCUT2D eigenvalue weighted by atomic mass is 9.99. The Morgan fingerprint density at radius 1 is 1.11 bits per heavy atom. The number of hydrogen-bond donors (Lipinski definition) is 4. The average Bonchev–Trinajstić information content (AvgIpc) is 3.19. The van der Waals surface area contributed by atoms with Gasteiger partial charge in [-0.05, 0) is 54.4 Å². The normalized spacial score (nSPS) is 15.8. The molecule has 1 aliphatic heterocycles. The number of halogens is 1. The molecule has 0 bridgehead atoms. The molecule has 1 aliphatic rings. The van der Waals surface area contributed by atoms with Crippen LogP contribution in [0.4, 0.5) is 9.18 Å². The summed E-state index contributed by atoms with van der Waals surface area (Å²) in [6.45, 7) is 12.0. The number of amides is 4. The number of alkyl carbamates (subject to hydrolysis) is 1. The quantitative estimate of drug-likeness (QED) is 0.363. The fourth-order valence-electron chi connectivity index (χ4n) is 3.01. The van der Waals surface area contributed by atoms with Crippen molar-refractivity contribution >= 4 is 23.8 Å². The van der Waals surface area contributed by atoms with Gasteiger partial charge in [-0.25, -0.2) is 9.18 Å². The summed E-state index contributed by atoms with van der Waals surface area (Å²) >= 11 is 0. The first-order valence-corrected chi connectivity index (χ1v) is 12.0. The fourth-order valence-corrected chi connectivity index (χ4v) is 3.01. The minimum atomic E-state index is -1.73. The molecule has 35 heavy (non-hydrogen) atoms. The average molecular weight is 500 g/mol. The van der Waals surface area contributed by atoms with Crippen molar-refractivity contribution in [3.05, 3.63) is 0 Å². The van der Waals surface area contributed by atoms with Crippen LogP contribution in [0.15, 0.2) is 0 Å². The van der Waals surface area contributed by atoms with Gasteiger partial charge in [0.2, 0.25) is 17.7 Å². The van der Waals surface area contributed by atoms with Gasteiger partial charge in [-0.15, -0.1) is 0 Å². The van der Waals surface area contributed by atoms with E-state index in [0.717, 1.165) is 25.8 Å². The Morgan fingerprint density at radius 3 is 2.11 bits per heavy atom. The number of hydrogen-bond acceptors (Lipinski definition) is 6. The van der Waals surface area contributed by atoms with Crippen LogP contribution in [0.5, 0.6) is 0 Å². The maximum atomic E-state index is 14.2. The van der Waals surface area contributed by atoms with E-state index in [4.69, 9.17) is 10.00 Å². The third kappa shape index (κ3) is 16.4. The summed E-state index contributed by atoms with van der Waals surface area (Å²) in [5.74, 6) is -1.07. The summed E-state index contributed by atoms with van der Waals surface area (Å²) in [4.78, 5) is 47.4. The summed E-state index contributed by atoms with van der Waals surface area (Å²) in [6.07, 6.45) is 2.52. The van der Waals surface area contributed by atoms with Gasteiger partial charge in [-0.1, -0.05) is 19.8 Å². The van der Waals surface area contributed by atoms with Crippen molar-refractivity contribution in [2.75, 3.05) is 6.54 Å². The zero-order chi connectivity index (χ0) is 27.2. The summed E-state index contributed by atoms with van der Waals surface area (Å²) in [6, 6.07) is -1.06. The van der Waals surface area contributed by atoms with Crippen LogP contribution < -0.4 is 21.3 Å². The van der Waals surface area contributed by atoms with Gasteiger partial charge in [0.1, 0.15) is 29.4 Å². The molecule has 1 fully saturated rings. The van der Waals surface area contributed by atoms with E-state index in [1.165, 1.54) is 20.8 Å². The topological polar surface area (TPSA) is 149 Å². The second-order valence-corrected chi connectivity index (χ2v) is 10.1. The van der Waals surface area contributed by atoms with E-state index in [0.29, 0.717) is 12.8 Å². The highest BCUT2D eigenvalue weighted by molar-refractivity contribution is 5.91. The van der Waals surface area contributed by atoms with Gasteiger partial charge in [0.15, 0.2) is 0 Å². The van der Waals surface area contributed by atoms with E-state index in [9.17, 15) is 23.6 Å². The zero-order valence-corrected chi connectivity index (χ0v) is 22.0. The van der Waals surface area contributed by atoms with Crippen LogP contribution in [0, 0.1) is 11.3 Å². The number of rotatable bonds is 10. The van der Waals surface area contributed by atoms with E-state index in [2.05, 4.69) is 21.3 Å². The first-order chi connectivity index (χ1) is 16.1. The lowest BCUT2D eigenvalue weighted by Crippen LogP contribution is -2.56. The molecule has 1 rings (SSSR count). The van der Waals surface area contributed by atoms with E-state index >= 15 is 0 Å². The van der Waals surface area contributed by atoms with E-state index < -0.39 is 47.3 Å². The molecule has 3 atom stereocenters. The van der Waals surface area contributed by atoms with Gasteiger partial charge in [0.05, 0.1) is 6.07 Å². The summed E-state index contributed by atoms with van der Waals surface area (Å²) < 4.78 is 19.4. The molecular weight excluding hydrogens is 457 g/mol. The van der Waals surface area contributed by atoms with Gasteiger partial charge < -0.3 is 26.0 Å². The molecule has 10 nitrogen and oxygen atoms in total. The minimum absolute atomic E-state index is 0.204. The molecule has 0 aromatic rings. The Balaban J connectivity index is 0.00000166. The smallest absolute Gasteiger partial charge is 0.408 e. The van der Waals surface area contributed by atoms with Crippen LogP contribution in [0.2, 0.25) is 0 Å². The van der Waals surface area contributed by atoms with E-state index in [-0.39, 0.29) is 12.3 Å². The molecule has 200 valence electrons. The lowest BCUT2D eigenvalue weighted by molar-refractivity contribution is -0.131. The third-order valence-corrected chi connectivity index (χ3v) is 4.63. The maximum Gasteiger partial charge on any atom is 0.408 e. The van der Waals surface area contributed by atoms with Crippen LogP contribution in [-0.2, 0) is 19.1 Å². The Hall–Kier alpha value is -2.90. The molecule has 0 aromatic carbocycles. The Kier molecular flexibility index (Phi) is 13.9. The third-order valence-electron chi connectivity index (χ3n) is 4.63. The zero-order valence-electron chi connectivity index (χ0n) is 22.0. The molecule has 1 heterocycles. The second kappa shape index (κ2) is 15.2. The summed E-state index contributed by atoms with van der Waals surface area (Å²) in [7, 11) is 0. The van der Waals surface area contributed by atoms with Crippen LogP contribution in [0.3, 0.4) is 0 Å². The standard InChI is InChI=1S/C20H35FN4O4.C4H7NO/c1-8-9-10-14(25-18(28)29-19(3,4)5)16(26)24-15(11-20(6,7)21)17(27)23-13(2)12-22;6-4-2-1-3-5-4/h13-15H,8-11H2,1-7H3,(H,23,27)(H,24,26)(H,25,28);1-3H2,(H,5,6)/t13?,14-,15?;/m0./s1. The van der Waals surface area contributed by atoms with Crippen LogP contribution >= 0.6 is 0 Å². The summed E-state index contributed by atoms with van der Waals surface area (Å²) in [5.41, 5.74) is -2.47. The molecule has 11 heteroatoms. The van der Waals surface area contributed by atoms with Crippen molar-refractivity contribution in [1.82, 2.24) is 21.3 Å². The minimum Gasteiger partial charge on any atom is -0.444 e. The number of unbranched alkanes of at least 4 members (excludes halogenated alkanes) is 1. The Bertz CT molecular complexity index is 747. The molecule has 2 unspecified atom stereocenters. The van der Waals surface area contributed by atoms with Gasteiger partial charge in [-0.3, -0.25) is 14.4 Å². The second-order valence-electron chi connectivity index (χ2n) is 10.1. The van der Waals surface area contributed by atoms with Crippen molar-refractivity contribution in [3.63, 3.8) is 0 Å². The highest BCUT2D eigenvalue weighted by atomic mass is 19.1. The largest absolute Gasteiger partial charge is 0.444 e.